The third kappa shape index (κ3) is 6.87. The van der Waals surface area contributed by atoms with E-state index in [9.17, 15) is 19.7 Å². The Morgan fingerprint density at radius 1 is 1.09 bits per heavy atom. The highest BCUT2D eigenvalue weighted by Crippen LogP contribution is 2.64. The highest BCUT2D eigenvalue weighted by Gasteiger charge is 2.54. The number of hydrogen-bond acceptors (Lipinski definition) is 3. The maximum atomic E-state index is 14.3. The lowest BCUT2D eigenvalue weighted by molar-refractivity contribution is 0.0110. The Morgan fingerprint density at radius 2 is 1.80 bits per heavy atom. The fourth-order valence-electron chi connectivity index (χ4n) is 7.86. The van der Waals surface area contributed by atoms with Crippen LogP contribution in [0.3, 0.4) is 0 Å². The Morgan fingerprint density at radius 3 is 2.49 bits per heavy atom. The summed E-state index contributed by atoms with van der Waals surface area (Å²) >= 11 is 0. The number of allylic oxidation sites excluding steroid dienone is 4. The van der Waals surface area contributed by atoms with E-state index in [4.69, 9.17) is 0 Å². The van der Waals surface area contributed by atoms with Crippen molar-refractivity contribution in [1.29, 1.82) is 0 Å². The molecule has 0 aromatic rings. The lowest BCUT2D eigenvalue weighted by Gasteiger charge is -2.50. The van der Waals surface area contributed by atoms with Gasteiger partial charge in [0.15, 0.2) is 0 Å². The van der Waals surface area contributed by atoms with E-state index in [-0.39, 0.29) is 23.9 Å². The van der Waals surface area contributed by atoms with E-state index in [1.165, 1.54) is 31.3 Å². The summed E-state index contributed by atoms with van der Waals surface area (Å²) in [6.45, 7) is 13.0. The van der Waals surface area contributed by atoms with Gasteiger partial charge in [0.1, 0.15) is 6.17 Å². The molecule has 0 spiro atoms. The predicted molar refractivity (Wildman–Crippen MR) is 143 cm³/mol. The van der Waals surface area contributed by atoms with Crippen molar-refractivity contribution < 1.29 is 19.7 Å². The second-order valence-electron chi connectivity index (χ2n) is 13.1. The summed E-state index contributed by atoms with van der Waals surface area (Å²) in [5, 5.41) is 29.8. The second-order valence-corrected chi connectivity index (χ2v) is 13.1. The molecule has 3 N–H and O–H groups in total. The Labute approximate surface area is 213 Å². The molecule has 0 heterocycles. The zero-order chi connectivity index (χ0) is 25.9. The molecule has 6 atom stereocenters. The van der Waals surface area contributed by atoms with Gasteiger partial charge < -0.3 is 15.3 Å². The summed E-state index contributed by atoms with van der Waals surface area (Å²) in [4.78, 5) is 0. The number of rotatable bonds is 10. The van der Waals surface area contributed by atoms with Gasteiger partial charge in [0, 0.05) is 13.0 Å². The fraction of sp³-hybridized carbons (Fsp3) is 0.806. The predicted octanol–water partition coefficient (Wildman–Crippen LogP) is 7.21. The highest BCUT2D eigenvalue weighted by molar-refractivity contribution is 5.38. The van der Waals surface area contributed by atoms with Gasteiger partial charge in [0.2, 0.25) is 0 Å². The number of aliphatic hydroxyl groups is 3. The summed E-state index contributed by atoms with van der Waals surface area (Å²) in [5.74, 6) is 1.17. The van der Waals surface area contributed by atoms with Crippen LogP contribution in [0.1, 0.15) is 111 Å². The molecule has 0 bridgehead atoms. The third-order valence-corrected chi connectivity index (χ3v) is 9.72. The Balaban J connectivity index is 1.81. The Bertz CT molecular complexity index is 794. The molecule has 0 amide bonds. The Hall–Kier alpha value is -0.970. The van der Waals surface area contributed by atoms with Crippen molar-refractivity contribution in [2.24, 2.45) is 22.7 Å². The molecule has 0 aliphatic heterocycles. The van der Waals surface area contributed by atoms with Crippen molar-refractivity contribution in [3.8, 4) is 0 Å². The molecule has 200 valence electrons. The molecule has 3 unspecified atom stereocenters. The van der Waals surface area contributed by atoms with E-state index in [2.05, 4.69) is 32.6 Å². The van der Waals surface area contributed by atoms with Crippen molar-refractivity contribution >= 4 is 0 Å². The second kappa shape index (κ2) is 11.6. The van der Waals surface area contributed by atoms with Crippen LogP contribution in [0.2, 0.25) is 0 Å². The van der Waals surface area contributed by atoms with Gasteiger partial charge >= 0.3 is 0 Å². The molecular formula is C31H51FO3. The molecule has 0 aromatic carbocycles. The van der Waals surface area contributed by atoms with Gasteiger partial charge in [-0.1, -0.05) is 51.0 Å². The minimum Gasteiger partial charge on any atom is -0.396 e. The summed E-state index contributed by atoms with van der Waals surface area (Å²) < 4.78 is 14.3. The molecule has 3 rings (SSSR count). The topological polar surface area (TPSA) is 60.7 Å². The molecule has 3 aliphatic rings. The van der Waals surface area contributed by atoms with E-state index < -0.39 is 17.9 Å². The highest BCUT2D eigenvalue weighted by atomic mass is 19.1. The smallest absolute Gasteiger partial charge is 0.127 e. The molecular weight excluding hydrogens is 439 g/mol. The largest absolute Gasteiger partial charge is 0.396 e. The van der Waals surface area contributed by atoms with E-state index in [1.54, 1.807) is 0 Å². The number of hydrogen-bond donors (Lipinski definition) is 3. The van der Waals surface area contributed by atoms with Crippen LogP contribution in [0.15, 0.2) is 35.5 Å². The number of fused-ring (bicyclic) bond motifs is 1. The number of halogens is 1. The zero-order valence-electron chi connectivity index (χ0n) is 22.8. The lowest BCUT2D eigenvalue weighted by atomic mass is 9.55. The van der Waals surface area contributed by atoms with Crippen LogP contribution in [0, 0.1) is 22.7 Å². The minimum absolute atomic E-state index is 0.164. The van der Waals surface area contributed by atoms with Crippen LogP contribution < -0.4 is 0 Å². The average Bonchev–Trinajstić information content (AvgIpc) is 3.13. The number of aliphatic hydroxyl groups excluding tert-OH is 2. The first-order chi connectivity index (χ1) is 16.4. The average molecular weight is 491 g/mol. The van der Waals surface area contributed by atoms with Crippen LogP contribution in [0.4, 0.5) is 4.39 Å². The molecule has 0 radical (unpaired) electrons. The summed E-state index contributed by atoms with van der Waals surface area (Å²) in [6, 6.07) is 0. The summed E-state index contributed by atoms with van der Waals surface area (Å²) in [7, 11) is 0. The summed E-state index contributed by atoms with van der Waals surface area (Å²) in [6.07, 6.45) is 15.2. The SMILES string of the molecule is C=C1/C(=C\C=C2/CCC[C@@]3(C)C2CCC3[C@@](C)(CCCCO)CCCC(C)(C)O)CC(O)C[C@@H]1F. The van der Waals surface area contributed by atoms with E-state index in [0.717, 1.165) is 50.5 Å². The van der Waals surface area contributed by atoms with Crippen molar-refractivity contribution in [2.45, 2.75) is 129 Å². The molecule has 35 heavy (non-hydrogen) atoms. The van der Waals surface area contributed by atoms with Gasteiger partial charge in [0.25, 0.3) is 0 Å². The van der Waals surface area contributed by atoms with Crippen molar-refractivity contribution in [3.05, 3.63) is 35.5 Å². The molecule has 0 aromatic heterocycles. The van der Waals surface area contributed by atoms with Crippen LogP contribution in [-0.2, 0) is 0 Å². The number of alkyl halides is 1. The van der Waals surface area contributed by atoms with Crippen molar-refractivity contribution in [2.75, 3.05) is 6.61 Å². The monoisotopic (exact) mass is 490 g/mol. The molecule has 3 nitrogen and oxygen atoms in total. The minimum atomic E-state index is -1.14. The van der Waals surface area contributed by atoms with E-state index in [1.807, 2.05) is 13.8 Å². The lowest BCUT2D eigenvalue weighted by Crippen LogP contribution is -2.41. The van der Waals surface area contributed by atoms with Crippen molar-refractivity contribution in [3.63, 3.8) is 0 Å². The summed E-state index contributed by atoms with van der Waals surface area (Å²) in [5.41, 5.74) is 2.72. The first-order valence-corrected chi connectivity index (χ1v) is 14.1. The molecule has 3 fully saturated rings. The van der Waals surface area contributed by atoms with Gasteiger partial charge in [-0.15, -0.1) is 0 Å². The van der Waals surface area contributed by atoms with Crippen LogP contribution in [0.5, 0.6) is 0 Å². The van der Waals surface area contributed by atoms with Crippen LogP contribution in [-0.4, -0.2) is 39.8 Å². The van der Waals surface area contributed by atoms with Crippen LogP contribution in [0.25, 0.3) is 0 Å². The first-order valence-electron chi connectivity index (χ1n) is 14.1. The van der Waals surface area contributed by atoms with E-state index >= 15 is 0 Å². The van der Waals surface area contributed by atoms with Gasteiger partial charge in [-0.25, -0.2) is 4.39 Å². The molecule has 0 saturated heterocycles. The first kappa shape index (κ1) is 28.6. The van der Waals surface area contributed by atoms with Gasteiger partial charge in [-0.2, -0.15) is 0 Å². The quantitative estimate of drug-likeness (QED) is 0.283. The van der Waals surface area contributed by atoms with Gasteiger partial charge in [0.05, 0.1) is 11.7 Å². The standard InChI is InChI=1S/C31H51FO3/c1-22-24(20-25(34)21-27(22)32)12-11-23-10-8-18-31(5)26(23)13-14-28(31)30(4,16-6-7-19-33)17-9-15-29(2,3)35/h11-12,25-28,33-35H,1,6-10,13-21H2,2-5H3/b23-11+,24-12-/t25?,26?,27-,28?,30-,31-/m0/s1. The van der Waals surface area contributed by atoms with Crippen molar-refractivity contribution in [1.82, 2.24) is 0 Å². The maximum absolute atomic E-state index is 14.3. The maximum Gasteiger partial charge on any atom is 0.127 e. The molecule has 3 aliphatic carbocycles. The van der Waals surface area contributed by atoms with Gasteiger partial charge in [-0.05, 0) is 112 Å². The van der Waals surface area contributed by atoms with Crippen LogP contribution >= 0.6 is 0 Å². The van der Waals surface area contributed by atoms with E-state index in [0.29, 0.717) is 23.8 Å². The fourth-order valence-corrected chi connectivity index (χ4v) is 7.86. The number of unbranched alkanes of at least 4 members (excludes halogenated alkanes) is 1. The Kier molecular flexibility index (Phi) is 9.48. The zero-order valence-corrected chi connectivity index (χ0v) is 22.8. The molecule has 4 heteroatoms. The third-order valence-electron chi connectivity index (χ3n) is 9.72. The molecule has 3 saturated carbocycles. The van der Waals surface area contributed by atoms with Gasteiger partial charge in [-0.3, -0.25) is 0 Å². The normalized spacial score (nSPS) is 35.9.